The van der Waals surface area contributed by atoms with Gasteiger partial charge < -0.3 is 10.4 Å². The fourth-order valence-corrected chi connectivity index (χ4v) is 2.78. The number of benzene rings is 2. The van der Waals surface area contributed by atoms with Crippen LogP contribution in [0.2, 0.25) is 0 Å². The van der Waals surface area contributed by atoms with Gasteiger partial charge in [-0.15, -0.1) is 0 Å². The lowest BCUT2D eigenvalue weighted by molar-refractivity contribution is -0.387. The SMILES string of the molecule is O=C(N[C@@H](Cc1ccc(F)c([N+](=O)[O-])c1)C(=O)O)c1cccc2cccnc12. The van der Waals surface area contributed by atoms with Crippen molar-refractivity contribution in [2.24, 2.45) is 0 Å². The Morgan fingerprint density at radius 2 is 1.96 bits per heavy atom. The summed E-state index contributed by atoms with van der Waals surface area (Å²) in [6.07, 6.45) is 1.27. The largest absolute Gasteiger partial charge is 0.480 e. The zero-order chi connectivity index (χ0) is 20.3. The molecule has 0 bridgehead atoms. The number of aromatic nitrogens is 1. The highest BCUT2D eigenvalue weighted by Crippen LogP contribution is 2.20. The number of carboxylic acid groups (broad SMARTS) is 1. The van der Waals surface area contributed by atoms with Gasteiger partial charge in [-0.1, -0.05) is 24.3 Å². The molecule has 0 aliphatic rings. The minimum atomic E-state index is -1.36. The highest BCUT2D eigenvalue weighted by Gasteiger charge is 2.24. The van der Waals surface area contributed by atoms with E-state index in [1.54, 1.807) is 24.3 Å². The summed E-state index contributed by atoms with van der Waals surface area (Å²) >= 11 is 0. The summed E-state index contributed by atoms with van der Waals surface area (Å²) in [5.74, 6) is -2.99. The van der Waals surface area contributed by atoms with E-state index in [1.165, 1.54) is 18.3 Å². The molecule has 28 heavy (non-hydrogen) atoms. The second kappa shape index (κ2) is 7.78. The van der Waals surface area contributed by atoms with Gasteiger partial charge in [0.2, 0.25) is 5.82 Å². The number of hydrogen-bond acceptors (Lipinski definition) is 5. The fourth-order valence-electron chi connectivity index (χ4n) is 2.78. The third-order valence-corrected chi connectivity index (χ3v) is 4.13. The lowest BCUT2D eigenvalue weighted by atomic mass is 10.0. The molecule has 3 rings (SSSR count). The van der Waals surface area contributed by atoms with Gasteiger partial charge in [-0.3, -0.25) is 19.9 Å². The quantitative estimate of drug-likeness (QED) is 0.498. The van der Waals surface area contributed by atoms with Crippen molar-refractivity contribution >= 4 is 28.5 Å². The highest BCUT2D eigenvalue weighted by atomic mass is 19.1. The van der Waals surface area contributed by atoms with Crippen LogP contribution in [0.15, 0.2) is 54.7 Å². The number of hydrogen-bond donors (Lipinski definition) is 2. The number of rotatable bonds is 6. The van der Waals surface area contributed by atoms with E-state index in [2.05, 4.69) is 10.3 Å². The summed E-state index contributed by atoms with van der Waals surface area (Å²) in [4.78, 5) is 38.3. The van der Waals surface area contributed by atoms with Crippen molar-refractivity contribution in [2.45, 2.75) is 12.5 Å². The number of carbonyl (C=O) groups is 2. The number of aliphatic carboxylic acids is 1. The predicted octanol–water partition coefficient (Wildman–Crippen LogP) is 2.71. The first kappa shape index (κ1) is 18.9. The molecule has 2 N–H and O–H groups in total. The second-order valence-electron chi connectivity index (χ2n) is 5.99. The van der Waals surface area contributed by atoms with Crippen molar-refractivity contribution in [3.63, 3.8) is 0 Å². The molecule has 3 aromatic rings. The maximum atomic E-state index is 13.5. The van der Waals surface area contributed by atoms with Gasteiger partial charge in [-0.2, -0.15) is 4.39 Å². The minimum absolute atomic E-state index is 0.203. The van der Waals surface area contributed by atoms with Crippen LogP contribution in [0.25, 0.3) is 10.9 Å². The molecule has 8 nitrogen and oxygen atoms in total. The monoisotopic (exact) mass is 383 g/mol. The molecule has 0 fully saturated rings. The van der Waals surface area contributed by atoms with Crippen LogP contribution < -0.4 is 5.32 Å². The standard InChI is InChI=1S/C19H14FN3O5/c20-14-7-6-11(10-16(14)23(27)28)9-15(19(25)26)22-18(24)13-5-1-3-12-4-2-8-21-17(12)13/h1-8,10,15H,9H2,(H,22,24)(H,25,26)/t15-/m0/s1. The Balaban J connectivity index is 1.85. The van der Waals surface area contributed by atoms with Crippen LogP contribution in [0.1, 0.15) is 15.9 Å². The molecule has 0 saturated heterocycles. The van der Waals surface area contributed by atoms with Gasteiger partial charge in [-0.05, 0) is 23.8 Å². The number of nitrogens with zero attached hydrogens (tertiary/aromatic N) is 2. The third kappa shape index (κ3) is 3.93. The normalized spacial score (nSPS) is 11.8. The minimum Gasteiger partial charge on any atom is -0.480 e. The molecular formula is C19H14FN3O5. The summed E-state index contributed by atoms with van der Waals surface area (Å²) in [5, 5.41) is 23.4. The van der Waals surface area contributed by atoms with Gasteiger partial charge in [0.05, 0.1) is 16.0 Å². The first-order valence-corrected chi connectivity index (χ1v) is 8.17. The van der Waals surface area contributed by atoms with Crippen LogP contribution in [0.4, 0.5) is 10.1 Å². The maximum absolute atomic E-state index is 13.5. The van der Waals surface area contributed by atoms with Crippen molar-refractivity contribution < 1.29 is 24.0 Å². The van der Waals surface area contributed by atoms with E-state index >= 15 is 0 Å². The number of amides is 1. The molecule has 0 aliphatic heterocycles. The maximum Gasteiger partial charge on any atom is 0.326 e. The van der Waals surface area contributed by atoms with E-state index in [-0.39, 0.29) is 17.5 Å². The van der Waals surface area contributed by atoms with Crippen molar-refractivity contribution in [2.75, 3.05) is 0 Å². The number of fused-ring (bicyclic) bond motifs is 1. The van der Waals surface area contributed by atoms with Crippen LogP contribution in [0.5, 0.6) is 0 Å². The van der Waals surface area contributed by atoms with Gasteiger partial charge in [-0.25, -0.2) is 4.79 Å². The van der Waals surface area contributed by atoms with Gasteiger partial charge >= 0.3 is 11.7 Å². The zero-order valence-electron chi connectivity index (χ0n) is 14.3. The van der Waals surface area contributed by atoms with E-state index < -0.39 is 34.3 Å². The second-order valence-corrected chi connectivity index (χ2v) is 5.99. The topological polar surface area (TPSA) is 122 Å². The van der Waals surface area contributed by atoms with Gasteiger partial charge in [0.1, 0.15) is 6.04 Å². The van der Waals surface area contributed by atoms with Crippen LogP contribution in [0.3, 0.4) is 0 Å². The number of nitro benzene ring substituents is 1. The van der Waals surface area contributed by atoms with Crippen LogP contribution in [0, 0.1) is 15.9 Å². The molecule has 0 saturated carbocycles. The molecule has 0 unspecified atom stereocenters. The van der Waals surface area contributed by atoms with Crippen molar-refractivity contribution in [1.29, 1.82) is 0 Å². The van der Waals surface area contributed by atoms with Crippen LogP contribution in [-0.2, 0) is 11.2 Å². The Hall–Kier alpha value is -3.88. The Bertz CT molecular complexity index is 1080. The number of para-hydroxylation sites is 1. The third-order valence-electron chi connectivity index (χ3n) is 4.13. The van der Waals surface area contributed by atoms with Gasteiger partial charge in [0, 0.05) is 24.1 Å². The van der Waals surface area contributed by atoms with E-state index in [4.69, 9.17) is 0 Å². The van der Waals surface area contributed by atoms with Crippen molar-refractivity contribution in [3.05, 3.63) is 81.8 Å². The lowest BCUT2D eigenvalue weighted by Gasteiger charge is -2.15. The van der Waals surface area contributed by atoms with Crippen molar-refractivity contribution in [1.82, 2.24) is 10.3 Å². The molecule has 1 atom stereocenters. The summed E-state index contributed by atoms with van der Waals surface area (Å²) in [6.45, 7) is 0. The molecule has 2 aromatic carbocycles. The van der Waals surface area contributed by atoms with Gasteiger partial charge in [0.15, 0.2) is 0 Å². The van der Waals surface area contributed by atoms with Crippen molar-refractivity contribution in [3.8, 4) is 0 Å². The molecule has 9 heteroatoms. The molecule has 1 aromatic heterocycles. The summed E-state index contributed by atoms with van der Waals surface area (Å²) in [5.41, 5.74) is 0.0709. The van der Waals surface area contributed by atoms with Gasteiger partial charge in [0.25, 0.3) is 5.91 Å². The number of pyridine rings is 1. The fraction of sp³-hybridized carbons (Fsp3) is 0.105. The molecular weight excluding hydrogens is 369 g/mol. The predicted molar refractivity (Wildman–Crippen MR) is 97.4 cm³/mol. The summed E-state index contributed by atoms with van der Waals surface area (Å²) in [6, 6.07) is 10.1. The summed E-state index contributed by atoms with van der Waals surface area (Å²) in [7, 11) is 0. The lowest BCUT2D eigenvalue weighted by Crippen LogP contribution is -2.42. The molecule has 0 radical (unpaired) electrons. The molecule has 142 valence electrons. The van der Waals surface area contributed by atoms with Crippen LogP contribution >= 0.6 is 0 Å². The average Bonchev–Trinajstić information content (AvgIpc) is 2.68. The number of nitro groups is 1. The molecule has 1 heterocycles. The Morgan fingerprint density at radius 3 is 2.68 bits per heavy atom. The first-order valence-electron chi connectivity index (χ1n) is 8.17. The van der Waals surface area contributed by atoms with E-state index in [0.29, 0.717) is 5.52 Å². The van der Waals surface area contributed by atoms with E-state index in [1.807, 2.05) is 0 Å². The summed E-state index contributed by atoms with van der Waals surface area (Å²) < 4.78 is 13.5. The Labute approximate surface area is 157 Å². The zero-order valence-corrected chi connectivity index (χ0v) is 14.3. The molecule has 0 spiro atoms. The Morgan fingerprint density at radius 1 is 1.21 bits per heavy atom. The number of carboxylic acids is 1. The number of halogens is 1. The van der Waals surface area contributed by atoms with E-state index in [9.17, 15) is 29.2 Å². The van der Waals surface area contributed by atoms with Crippen LogP contribution in [-0.4, -0.2) is 32.9 Å². The smallest absolute Gasteiger partial charge is 0.326 e. The number of carbonyl (C=O) groups excluding carboxylic acids is 1. The first-order chi connectivity index (χ1) is 13.4. The number of nitrogens with one attached hydrogen (secondary N) is 1. The average molecular weight is 383 g/mol. The highest BCUT2D eigenvalue weighted by molar-refractivity contribution is 6.06. The van der Waals surface area contributed by atoms with E-state index in [0.717, 1.165) is 17.5 Å². The Kier molecular flexibility index (Phi) is 5.25. The molecule has 0 aliphatic carbocycles. The molecule has 1 amide bonds.